The summed E-state index contributed by atoms with van der Waals surface area (Å²) in [6, 6.07) is 9.47. The second-order valence-electron chi connectivity index (χ2n) is 9.26. The summed E-state index contributed by atoms with van der Waals surface area (Å²) in [7, 11) is -4.23. The van der Waals surface area contributed by atoms with Gasteiger partial charge in [0.05, 0.1) is 29.6 Å². The molecule has 3 aromatic rings. The highest BCUT2D eigenvalue weighted by atomic mass is 35.5. The number of hydrogen-bond acceptors (Lipinski definition) is 7. The van der Waals surface area contributed by atoms with Crippen molar-refractivity contribution in [2.24, 2.45) is 0 Å². The van der Waals surface area contributed by atoms with Crippen LogP contribution in [0.15, 0.2) is 59.8 Å². The van der Waals surface area contributed by atoms with E-state index < -0.39 is 21.9 Å². The molecule has 4 rings (SSSR count). The van der Waals surface area contributed by atoms with E-state index in [1.165, 1.54) is 27.3 Å². The molecule has 0 radical (unpaired) electrons. The predicted molar refractivity (Wildman–Crippen MR) is 152 cm³/mol. The Kier molecular flexibility index (Phi) is 9.07. The lowest BCUT2D eigenvalue weighted by Gasteiger charge is -2.35. The van der Waals surface area contributed by atoms with Gasteiger partial charge in [-0.05, 0) is 55.7 Å². The maximum absolute atomic E-state index is 14.5. The summed E-state index contributed by atoms with van der Waals surface area (Å²) < 4.78 is 57.0. The third-order valence-electron chi connectivity index (χ3n) is 6.33. The summed E-state index contributed by atoms with van der Waals surface area (Å²) in [4.78, 5) is -0.156. The summed E-state index contributed by atoms with van der Waals surface area (Å²) in [5.74, 6) is -0.299. The number of aliphatic hydroxyl groups is 2. The van der Waals surface area contributed by atoms with Crippen LogP contribution in [0.1, 0.15) is 37.8 Å². The normalized spacial score (nSPS) is 15.5. The van der Waals surface area contributed by atoms with Crippen molar-refractivity contribution >= 4 is 39.0 Å². The number of aliphatic hydroxyl groups excluding tert-OH is 2. The molecule has 2 heterocycles. The number of sulfonamides is 1. The molecule has 2 N–H and O–H groups in total. The largest absolute Gasteiger partial charge is 0.513 e. The molecule has 214 valence electrons. The van der Waals surface area contributed by atoms with Crippen molar-refractivity contribution in [3.63, 3.8) is 0 Å². The van der Waals surface area contributed by atoms with E-state index >= 15 is 0 Å². The van der Waals surface area contributed by atoms with Crippen molar-refractivity contribution in [3.05, 3.63) is 76.9 Å². The van der Waals surface area contributed by atoms with Gasteiger partial charge >= 0.3 is 0 Å². The number of nitrogens with zero attached hydrogens (tertiary/aromatic N) is 3. The Morgan fingerprint density at radius 3 is 2.80 bits per heavy atom. The Balaban J connectivity index is 1.80. The van der Waals surface area contributed by atoms with Gasteiger partial charge in [0, 0.05) is 24.7 Å². The number of aromatic nitrogens is 2. The Morgan fingerprint density at radius 2 is 2.12 bits per heavy atom. The van der Waals surface area contributed by atoms with Crippen LogP contribution in [0.2, 0.25) is 5.02 Å². The fourth-order valence-electron chi connectivity index (χ4n) is 4.41. The van der Waals surface area contributed by atoms with Crippen molar-refractivity contribution in [2.45, 2.75) is 44.2 Å². The molecule has 0 amide bonds. The van der Waals surface area contributed by atoms with Gasteiger partial charge in [0.1, 0.15) is 24.3 Å². The maximum atomic E-state index is 14.5. The highest BCUT2D eigenvalue weighted by molar-refractivity contribution is 7.93. The van der Waals surface area contributed by atoms with Gasteiger partial charge in [-0.15, -0.1) is 5.10 Å². The Bertz CT molecular complexity index is 1520. The summed E-state index contributed by atoms with van der Waals surface area (Å²) in [5.41, 5.74) is 1.68. The molecule has 0 fully saturated rings. The third kappa shape index (κ3) is 6.27. The molecule has 9 nitrogen and oxygen atoms in total. The second-order valence-corrected chi connectivity index (χ2v) is 11.5. The zero-order valence-electron chi connectivity index (χ0n) is 22.2. The second kappa shape index (κ2) is 12.3. The molecule has 40 heavy (non-hydrogen) atoms. The monoisotopic (exact) mass is 591 g/mol. The topological polar surface area (TPSA) is 114 Å². The molecular weight excluding hydrogens is 561 g/mol. The van der Waals surface area contributed by atoms with E-state index in [1.807, 2.05) is 6.92 Å². The Hall–Kier alpha value is -3.54. The van der Waals surface area contributed by atoms with E-state index in [2.05, 4.69) is 11.7 Å². The van der Waals surface area contributed by atoms with Gasteiger partial charge in [0.15, 0.2) is 4.90 Å². The van der Waals surface area contributed by atoms with E-state index in [4.69, 9.17) is 21.1 Å². The fraction of sp³-hybridized carbons (Fsp3) is 0.321. The molecule has 0 saturated carbocycles. The average molecular weight is 592 g/mol. The van der Waals surface area contributed by atoms with Gasteiger partial charge < -0.3 is 19.7 Å². The van der Waals surface area contributed by atoms with Crippen molar-refractivity contribution in [1.82, 2.24) is 9.78 Å². The van der Waals surface area contributed by atoms with Crippen molar-refractivity contribution in [3.8, 4) is 11.6 Å². The van der Waals surface area contributed by atoms with Gasteiger partial charge in [0.2, 0.25) is 0 Å². The van der Waals surface area contributed by atoms with E-state index in [9.17, 15) is 23.0 Å². The van der Waals surface area contributed by atoms with Crippen molar-refractivity contribution < 1.29 is 32.5 Å². The molecule has 2 aromatic carbocycles. The number of anilines is 1. The van der Waals surface area contributed by atoms with Crippen LogP contribution in [0.25, 0.3) is 11.6 Å². The molecule has 1 aliphatic rings. The quantitative estimate of drug-likeness (QED) is 0.226. The van der Waals surface area contributed by atoms with E-state index in [1.54, 1.807) is 37.3 Å². The van der Waals surface area contributed by atoms with E-state index in [-0.39, 0.29) is 59.0 Å². The van der Waals surface area contributed by atoms with E-state index in [0.717, 1.165) is 0 Å². The average Bonchev–Trinajstić information content (AvgIpc) is 3.34. The van der Waals surface area contributed by atoms with Gasteiger partial charge in [0.25, 0.3) is 15.9 Å². The number of aryl methyl sites for hydroxylation is 1. The highest BCUT2D eigenvalue weighted by Crippen LogP contribution is 2.41. The molecule has 0 saturated heterocycles. The van der Waals surface area contributed by atoms with Crippen LogP contribution < -0.4 is 13.8 Å². The van der Waals surface area contributed by atoms with Crippen LogP contribution in [-0.2, 0) is 16.6 Å². The van der Waals surface area contributed by atoms with Gasteiger partial charge in [-0.25, -0.2) is 12.8 Å². The van der Waals surface area contributed by atoms with Crippen molar-refractivity contribution in [1.29, 1.82) is 0 Å². The molecule has 0 unspecified atom stereocenters. The first kappa shape index (κ1) is 29.4. The first-order valence-corrected chi connectivity index (χ1v) is 14.5. The van der Waals surface area contributed by atoms with Crippen LogP contribution >= 0.6 is 11.6 Å². The fourth-order valence-corrected chi connectivity index (χ4v) is 6.30. The van der Waals surface area contributed by atoms with Crippen molar-refractivity contribution in [2.75, 3.05) is 24.1 Å². The number of ether oxygens (including phenoxy) is 2. The van der Waals surface area contributed by atoms with Gasteiger partial charge in [-0.3, -0.25) is 8.99 Å². The number of fused-ring (bicyclic) bond motifs is 1. The van der Waals surface area contributed by atoms with E-state index in [0.29, 0.717) is 29.9 Å². The minimum atomic E-state index is -4.23. The molecule has 1 aromatic heterocycles. The van der Waals surface area contributed by atoms with Crippen LogP contribution in [0.5, 0.6) is 11.6 Å². The summed E-state index contributed by atoms with van der Waals surface area (Å²) in [5, 5.41) is 23.3. The standard InChI is InChI=1S/C28H31ClFN3O6S/c1-4-32-17-26(28(31-32)38-13-12-34)40(36,37)33-16-21(10-8-19(3)35)39-25-11-9-20(15-24(25)33)14-18(2)27-22(29)6-5-7-23(27)30/h5-7,9,11,14-15,17,21,34-35H,3-4,8,10,12-13,16H2,1-2H3/b18-14+/t21-/m0/s1. The van der Waals surface area contributed by atoms with Crippen LogP contribution in [-0.4, -0.2) is 54.3 Å². The molecule has 0 spiro atoms. The minimum absolute atomic E-state index is 0.0320. The maximum Gasteiger partial charge on any atom is 0.271 e. The number of halogens is 2. The number of benzene rings is 2. The first-order chi connectivity index (χ1) is 19.0. The Labute approximate surface area is 237 Å². The first-order valence-electron chi connectivity index (χ1n) is 12.7. The summed E-state index contributed by atoms with van der Waals surface area (Å²) in [6.07, 6.45) is 3.08. The van der Waals surface area contributed by atoms with Crippen LogP contribution in [0.3, 0.4) is 0 Å². The van der Waals surface area contributed by atoms with Gasteiger partial charge in [-0.2, -0.15) is 0 Å². The zero-order valence-corrected chi connectivity index (χ0v) is 23.8. The third-order valence-corrected chi connectivity index (χ3v) is 8.41. The molecule has 1 atom stereocenters. The lowest BCUT2D eigenvalue weighted by atomic mass is 10.0. The Morgan fingerprint density at radius 1 is 1.35 bits per heavy atom. The summed E-state index contributed by atoms with van der Waals surface area (Å²) >= 11 is 6.24. The highest BCUT2D eigenvalue weighted by Gasteiger charge is 2.37. The van der Waals surface area contributed by atoms with Gasteiger partial charge in [-0.1, -0.05) is 36.4 Å². The molecule has 12 heteroatoms. The molecule has 0 bridgehead atoms. The smallest absolute Gasteiger partial charge is 0.271 e. The lowest BCUT2D eigenvalue weighted by molar-refractivity contribution is 0.184. The molecule has 1 aliphatic heterocycles. The SMILES string of the molecule is C=C(O)CC[C@H]1CN(S(=O)(=O)c2cn(CC)nc2OCCO)c2cc(/C=C(\C)c3c(F)cccc3Cl)ccc2O1. The number of rotatable bonds is 11. The number of hydrogen-bond donors (Lipinski definition) is 2. The van der Waals surface area contributed by atoms with Crippen LogP contribution in [0.4, 0.5) is 10.1 Å². The number of allylic oxidation sites excluding steroid dienone is 2. The predicted octanol–water partition coefficient (Wildman–Crippen LogP) is 5.44. The minimum Gasteiger partial charge on any atom is -0.513 e. The zero-order chi connectivity index (χ0) is 29.0. The molecular formula is C28H31ClFN3O6S. The van der Waals surface area contributed by atoms with Crippen LogP contribution in [0, 0.1) is 5.82 Å². The summed E-state index contributed by atoms with van der Waals surface area (Å²) in [6.45, 7) is 6.94. The lowest BCUT2D eigenvalue weighted by Crippen LogP contribution is -2.43. The molecule has 0 aliphatic carbocycles.